The van der Waals surface area contributed by atoms with Gasteiger partial charge < -0.3 is 9.52 Å². The van der Waals surface area contributed by atoms with Crippen LogP contribution in [0.4, 0.5) is 5.82 Å². The Morgan fingerprint density at radius 3 is 2.91 bits per heavy atom. The number of phenolic OH excluding ortho intramolecular Hbond substituents is 1. The number of nitrogens with zero attached hydrogens (tertiary/aromatic N) is 2. The van der Waals surface area contributed by atoms with Crippen LogP contribution in [0.1, 0.15) is 35.4 Å². The summed E-state index contributed by atoms with van der Waals surface area (Å²) in [7, 11) is 0. The van der Waals surface area contributed by atoms with Crippen LogP contribution in [-0.2, 0) is 12.8 Å². The molecule has 2 heterocycles. The number of furan rings is 1. The summed E-state index contributed by atoms with van der Waals surface area (Å²) >= 11 is 0. The highest BCUT2D eigenvalue weighted by Gasteiger charge is 2.21. The summed E-state index contributed by atoms with van der Waals surface area (Å²) in [5.41, 5.74) is 3.69. The van der Waals surface area contributed by atoms with Gasteiger partial charge in [-0.25, -0.2) is 9.98 Å². The first-order valence-electron chi connectivity index (χ1n) is 7.96. The van der Waals surface area contributed by atoms with E-state index in [9.17, 15) is 5.11 Å². The molecule has 1 aliphatic rings. The maximum absolute atomic E-state index is 10.3. The Balaban J connectivity index is 1.85. The number of rotatable bonds is 2. The van der Waals surface area contributed by atoms with Crippen LogP contribution >= 0.6 is 0 Å². The summed E-state index contributed by atoms with van der Waals surface area (Å²) in [4.78, 5) is 8.81. The van der Waals surface area contributed by atoms with Crippen LogP contribution in [-0.4, -0.2) is 16.3 Å². The molecular formula is C19H18N2O2. The number of aromatic hydroxyl groups is 1. The van der Waals surface area contributed by atoms with E-state index in [1.807, 2.05) is 31.2 Å². The van der Waals surface area contributed by atoms with Crippen LogP contribution in [0.2, 0.25) is 0 Å². The van der Waals surface area contributed by atoms with Crippen molar-refractivity contribution in [2.45, 2.75) is 32.6 Å². The molecule has 0 saturated carbocycles. The van der Waals surface area contributed by atoms with Crippen LogP contribution in [0.25, 0.3) is 11.0 Å². The highest BCUT2D eigenvalue weighted by Crippen LogP contribution is 2.36. The Hall–Kier alpha value is -2.62. The van der Waals surface area contributed by atoms with Crippen LogP contribution in [0.5, 0.6) is 5.75 Å². The lowest BCUT2D eigenvalue weighted by molar-refractivity contribution is 0.474. The fraction of sp³-hybridized carbons (Fsp3) is 0.263. The first-order valence-corrected chi connectivity index (χ1v) is 7.96. The van der Waals surface area contributed by atoms with Crippen molar-refractivity contribution in [1.82, 2.24) is 4.98 Å². The second-order valence-corrected chi connectivity index (χ2v) is 5.98. The topological polar surface area (TPSA) is 58.6 Å². The minimum atomic E-state index is 0.225. The van der Waals surface area contributed by atoms with Gasteiger partial charge in [0.25, 0.3) is 0 Å². The van der Waals surface area contributed by atoms with Crippen LogP contribution in [0.3, 0.4) is 0 Å². The maximum atomic E-state index is 10.3. The molecule has 0 aliphatic heterocycles. The van der Waals surface area contributed by atoms with Crippen molar-refractivity contribution in [3.63, 3.8) is 0 Å². The van der Waals surface area contributed by atoms with Crippen molar-refractivity contribution in [1.29, 1.82) is 0 Å². The highest BCUT2D eigenvalue weighted by atomic mass is 16.3. The Morgan fingerprint density at radius 2 is 2.04 bits per heavy atom. The molecule has 4 heteroatoms. The molecule has 1 aromatic carbocycles. The molecule has 0 amide bonds. The summed E-state index contributed by atoms with van der Waals surface area (Å²) in [5.74, 6) is 1.92. The lowest BCUT2D eigenvalue weighted by atomic mass is 9.94. The molecule has 0 atom stereocenters. The number of hydrogen-bond acceptors (Lipinski definition) is 4. The van der Waals surface area contributed by atoms with Gasteiger partial charge in [0.05, 0.1) is 0 Å². The van der Waals surface area contributed by atoms with Crippen molar-refractivity contribution >= 4 is 23.0 Å². The Kier molecular flexibility index (Phi) is 3.37. The summed E-state index contributed by atoms with van der Waals surface area (Å²) in [6.07, 6.45) is 5.99. The average Bonchev–Trinajstić information content (AvgIpc) is 2.93. The molecule has 0 radical (unpaired) electrons. The third kappa shape index (κ3) is 2.50. The van der Waals surface area contributed by atoms with Crippen molar-refractivity contribution < 1.29 is 9.52 Å². The second kappa shape index (κ2) is 5.54. The van der Waals surface area contributed by atoms with Crippen molar-refractivity contribution in [2.75, 3.05) is 0 Å². The molecule has 23 heavy (non-hydrogen) atoms. The van der Waals surface area contributed by atoms with Gasteiger partial charge in [0.1, 0.15) is 17.1 Å². The van der Waals surface area contributed by atoms with Crippen molar-refractivity contribution in [3.05, 3.63) is 52.9 Å². The smallest absolute Gasteiger partial charge is 0.152 e. The minimum absolute atomic E-state index is 0.225. The number of hydrogen-bond donors (Lipinski definition) is 1. The van der Waals surface area contributed by atoms with Gasteiger partial charge in [-0.05, 0) is 50.5 Å². The Bertz CT molecular complexity index is 909. The van der Waals surface area contributed by atoms with Gasteiger partial charge in [-0.3, -0.25) is 0 Å². The van der Waals surface area contributed by atoms with E-state index in [1.165, 1.54) is 5.56 Å². The standard InChI is InChI=1S/C19H18N2O2/c1-12-5-4-8-18(21-12)20-11-14-15(22)9-10-17-19(14)13-6-2-3-7-16(13)23-17/h4-5,8-11,22H,2-3,6-7H2,1H3/b20-11+. The molecule has 1 N–H and O–H groups in total. The predicted octanol–water partition coefficient (Wildman–Crippen LogP) is 4.47. The van der Waals surface area contributed by atoms with Gasteiger partial charge >= 0.3 is 0 Å². The largest absolute Gasteiger partial charge is 0.507 e. The Labute approximate surface area is 134 Å². The van der Waals surface area contributed by atoms with Crippen LogP contribution < -0.4 is 0 Å². The molecule has 0 fully saturated rings. The number of aliphatic imine (C=N–C) groups is 1. The minimum Gasteiger partial charge on any atom is -0.507 e. The van der Waals surface area contributed by atoms with Gasteiger partial charge in [-0.2, -0.15) is 0 Å². The third-order valence-corrected chi connectivity index (χ3v) is 4.34. The van der Waals surface area contributed by atoms with Gasteiger partial charge in [0, 0.05) is 34.8 Å². The zero-order chi connectivity index (χ0) is 15.8. The normalized spacial score (nSPS) is 14.5. The van der Waals surface area contributed by atoms with Gasteiger partial charge in [0.15, 0.2) is 5.82 Å². The summed E-state index contributed by atoms with van der Waals surface area (Å²) in [6, 6.07) is 9.22. The summed E-state index contributed by atoms with van der Waals surface area (Å²) in [6.45, 7) is 1.93. The molecule has 4 nitrogen and oxygen atoms in total. The van der Waals surface area contributed by atoms with E-state index >= 15 is 0 Å². The highest BCUT2D eigenvalue weighted by molar-refractivity contribution is 6.03. The fourth-order valence-electron chi connectivity index (χ4n) is 3.23. The van der Waals surface area contributed by atoms with E-state index in [0.717, 1.165) is 53.7 Å². The number of fused-ring (bicyclic) bond motifs is 3. The van der Waals surface area contributed by atoms with E-state index in [2.05, 4.69) is 9.98 Å². The average molecular weight is 306 g/mol. The molecule has 4 rings (SSSR count). The maximum Gasteiger partial charge on any atom is 0.152 e. The molecule has 0 unspecified atom stereocenters. The van der Waals surface area contributed by atoms with Crippen molar-refractivity contribution in [3.8, 4) is 5.75 Å². The zero-order valence-corrected chi connectivity index (χ0v) is 13.0. The number of aromatic nitrogens is 1. The molecule has 0 spiro atoms. The molecular weight excluding hydrogens is 288 g/mol. The van der Waals surface area contributed by atoms with E-state index < -0.39 is 0 Å². The molecule has 116 valence electrons. The lowest BCUT2D eigenvalue weighted by Gasteiger charge is -2.09. The number of phenols is 1. The molecule has 3 aromatic rings. The van der Waals surface area contributed by atoms with Crippen molar-refractivity contribution in [2.24, 2.45) is 4.99 Å². The van der Waals surface area contributed by atoms with E-state index in [1.54, 1.807) is 12.3 Å². The predicted molar refractivity (Wildman–Crippen MR) is 90.7 cm³/mol. The number of pyridine rings is 1. The number of benzene rings is 1. The SMILES string of the molecule is Cc1cccc(/N=C/c2c(O)ccc3oc4c(c23)CCCC4)n1. The first kappa shape index (κ1) is 14.0. The zero-order valence-electron chi connectivity index (χ0n) is 13.0. The molecule has 0 bridgehead atoms. The Morgan fingerprint density at radius 1 is 1.17 bits per heavy atom. The monoisotopic (exact) mass is 306 g/mol. The first-order chi connectivity index (χ1) is 11.2. The summed E-state index contributed by atoms with van der Waals surface area (Å²) in [5, 5.41) is 11.3. The molecule has 0 saturated heterocycles. The van der Waals surface area contributed by atoms with E-state index in [0.29, 0.717) is 5.82 Å². The molecule has 2 aromatic heterocycles. The van der Waals surface area contributed by atoms with Gasteiger partial charge in [-0.15, -0.1) is 0 Å². The quantitative estimate of drug-likeness (QED) is 0.711. The summed E-state index contributed by atoms with van der Waals surface area (Å²) < 4.78 is 5.97. The van der Waals surface area contributed by atoms with Crippen LogP contribution in [0.15, 0.2) is 39.7 Å². The fourth-order valence-corrected chi connectivity index (χ4v) is 3.23. The van der Waals surface area contributed by atoms with E-state index in [-0.39, 0.29) is 5.75 Å². The molecule has 1 aliphatic carbocycles. The van der Waals surface area contributed by atoms with E-state index in [4.69, 9.17) is 4.42 Å². The second-order valence-electron chi connectivity index (χ2n) is 5.98. The van der Waals surface area contributed by atoms with Gasteiger partial charge in [0.2, 0.25) is 0 Å². The third-order valence-electron chi connectivity index (χ3n) is 4.34. The number of aryl methyl sites for hydroxylation is 3. The lowest BCUT2D eigenvalue weighted by Crippen LogP contribution is -1.99. The van der Waals surface area contributed by atoms with Crippen LogP contribution in [0, 0.1) is 6.92 Å². The van der Waals surface area contributed by atoms with Gasteiger partial charge in [-0.1, -0.05) is 6.07 Å².